The molecule has 138 valence electrons. The van der Waals surface area contributed by atoms with Gasteiger partial charge in [0.1, 0.15) is 11.5 Å². The third-order valence-corrected chi connectivity index (χ3v) is 6.42. The first kappa shape index (κ1) is 18.3. The summed E-state index contributed by atoms with van der Waals surface area (Å²) in [5.41, 5.74) is 0.292. The highest BCUT2D eigenvalue weighted by atomic mass is 16.5. The zero-order valence-corrected chi connectivity index (χ0v) is 15.8. The molecule has 3 aliphatic carbocycles. The summed E-state index contributed by atoms with van der Waals surface area (Å²) >= 11 is 0. The van der Waals surface area contributed by atoms with Crippen LogP contribution >= 0.6 is 0 Å². The van der Waals surface area contributed by atoms with Crippen LogP contribution in [0.5, 0.6) is 11.5 Å². The van der Waals surface area contributed by atoms with Crippen molar-refractivity contribution in [3.8, 4) is 11.5 Å². The molecule has 2 bridgehead atoms. The van der Waals surface area contributed by atoms with E-state index < -0.39 is 0 Å². The van der Waals surface area contributed by atoms with Crippen LogP contribution < -0.4 is 9.47 Å². The third kappa shape index (κ3) is 4.02. The van der Waals surface area contributed by atoms with E-state index >= 15 is 0 Å². The molecule has 0 aromatic heterocycles. The highest BCUT2D eigenvalue weighted by molar-refractivity contribution is 5.79. The second-order valence-corrected chi connectivity index (χ2v) is 8.09. The highest BCUT2D eigenvalue weighted by Gasteiger charge is 2.52. The molecule has 0 unspecified atom stereocenters. The van der Waals surface area contributed by atoms with Gasteiger partial charge >= 0.3 is 5.97 Å². The number of esters is 1. The maximum absolute atomic E-state index is 12.8. The van der Waals surface area contributed by atoms with E-state index in [2.05, 4.69) is 13.8 Å². The maximum Gasteiger partial charge on any atom is 0.317 e. The molecule has 0 N–H and O–H groups in total. The molecular formula is C22H32O3. The van der Waals surface area contributed by atoms with Crippen LogP contribution in [0.25, 0.3) is 0 Å². The van der Waals surface area contributed by atoms with E-state index in [1.54, 1.807) is 0 Å². The van der Waals surface area contributed by atoms with Crippen LogP contribution in [0.2, 0.25) is 0 Å². The van der Waals surface area contributed by atoms with Gasteiger partial charge in [0, 0.05) is 0 Å². The average Bonchev–Trinajstić information content (AvgIpc) is 2.65. The summed E-state index contributed by atoms with van der Waals surface area (Å²) in [5, 5.41) is 0. The second kappa shape index (κ2) is 7.80. The summed E-state index contributed by atoms with van der Waals surface area (Å²) in [6.07, 6.45) is 11.3. The van der Waals surface area contributed by atoms with Crippen molar-refractivity contribution in [2.75, 3.05) is 6.61 Å². The minimum absolute atomic E-state index is 0.0167. The molecule has 0 aliphatic heterocycles. The Kier molecular flexibility index (Phi) is 5.71. The summed E-state index contributed by atoms with van der Waals surface area (Å²) in [7, 11) is 0. The molecule has 0 heterocycles. The molecule has 1 aromatic rings. The van der Waals surface area contributed by atoms with E-state index in [1.807, 2.05) is 24.3 Å². The molecule has 0 amide bonds. The third-order valence-electron chi connectivity index (χ3n) is 6.42. The van der Waals surface area contributed by atoms with Crippen molar-refractivity contribution in [1.29, 1.82) is 0 Å². The van der Waals surface area contributed by atoms with Crippen molar-refractivity contribution in [2.45, 2.75) is 78.1 Å². The van der Waals surface area contributed by atoms with Crippen LogP contribution in [-0.2, 0) is 4.79 Å². The molecule has 0 atom stereocenters. The Labute approximate surface area is 152 Å². The molecule has 3 nitrogen and oxygen atoms in total. The van der Waals surface area contributed by atoms with Gasteiger partial charge in [0.05, 0.1) is 12.0 Å². The number of carbonyl (C=O) groups is 1. The molecule has 3 heteroatoms. The Bertz CT molecular complexity index is 551. The second-order valence-electron chi connectivity index (χ2n) is 8.09. The lowest BCUT2D eigenvalue weighted by molar-refractivity contribution is -0.156. The summed E-state index contributed by atoms with van der Waals surface area (Å²) in [4.78, 5) is 12.8. The molecule has 0 radical (unpaired) electrons. The van der Waals surface area contributed by atoms with Crippen LogP contribution in [0.4, 0.5) is 0 Å². The summed E-state index contributed by atoms with van der Waals surface area (Å²) in [5.74, 6) is 1.46. The predicted molar refractivity (Wildman–Crippen MR) is 100.0 cm³/mol. The van der Waals surface area contributed by atoms with Crippen LogP contribution in [0.1, 0.15) is 78.1 Å². The van der Waals surface area contributed by atoms with E-state index in [4.69, 9.17) is 9.47 Å². The van der Waals surface area contributed by atoms with Crippen molar-refractivity contribution >= 4 is 5.97 Å². The zero-order valence-electron chi connectivity index (χ0n) is 15.8. The van der Waals surface area contributed by atoms with Crippen molar-refractivity contribution in [3.05, 3.63) is 24.3 Å². The van der Waals surface area contributed by atoms with Crippen LogP contribution in [0, 0.1) is 10.8 Å². The van der Waals surface area contributed by atoms with Gasteiger partial charge in [-0.2, -0.15) is 0 Å². The number of hydrogen-bond acceptors (Lipinski definition) is 3. The van der Waals surface area contributed by atoms with Gasteiger partial charge in [-0.15, -0.1) is 0 Å². The van der Waals surface area contributed by atoms with E-state index in [9.17, 15) is 4.79 Å². The number of unbranched alkanes of at least 4 members (excludes halogenated alkanes) is 1. The van der Waals surface area contributed by atoms with Gasteiger partial charge in [0.2, 0.25) is 0 Å². The molecule has 3 saturated carbocycles. The smallest absolute Gasteiger partial charge is 0.317 e. The predicted octanol–water partition coefficient (Wildman–Crippen LogP) is 5.91. The minimum atomic E-state index is -0.230. The summed E-state index contributed by atoms with van der Waals surface area (Å²) in [6.45, 7) is 5.15. The Hall–Kier alpha value is -1.51. The van der Waals surface area contributed by atoms with Crippen molar-refractivity contribution < 1.29 is 14.3 Å². The van der Waals surface area contributed by atoms with Gasteiger partial charge in [-0.1, -0.05) is 26.7 Å². The number of ether oxygens (including phenoxy) is 2. The fourth-order valence-corrected chi connectivity index (χ4v) is 4.63. The molecule has 1 aromatic carbocycles. The molecule has 4 rings (SSSR count). The van der Waals surface area contributed by atoms with Crippen molar-refractivity contribution in [3.63, 3.8) is 0 Å². The van der Waals surface area contributed by atoms with Gasteiger partial charge in [-0.25, -0.2) is 0 Å². The summed E-state index contributed by atoms with van der Waals surface area (Å²) in [6, 6.07) is 7.49. The summed E-state index contributed by atoms with van der Waals surface area (Å²) < 4.78 is 11.4. The van der Waals surface area contributed by atoms with Crippen LogP contribution in [0.15, 0.2) is 24.3 Å². The first-order valence-electron chi connectivity index (χ1n) is 10.1. The van der Waals surface area contributed by atoms with Gasteiger partial charge < -0.3 is 9.47 Å². The lowest BCUT2D eigenvalue weighted by Gasteiger charge is -2.52. The lowest BCUT2D eigenvalue weighted by Crippen LogP contribution is -2.47. The Morgan fingerprint density at radius 2 is 1.52 bits per heavy atom. The van der Waals surface area contributed by atoms with E-state index in [1.165, 1.54) is 32.1 Å². The number of benzene rings is 1. The standard InChI is InChI=1S/C22H32O3/c1-3-5-17-24-18-6-8-19(9-7-18)25-20(23)22-14-11-21(10-4-2,12-15-22)13-16-22/h6-9H,3-5,10-17H2,1-2H3. The molecule has 0 spiro atoms. The molecule has 3 aliphatic rings. The molecule has 0 saturated heterocycles. The SMILES string of the molecule is CCCCOc1ccc(OC(=O)C23CCC(CCC)(CC2)CC3)cc1. The Morgan fingerprint density at radius 1 is 0.920 bits per heavy atom. The first-order valence-corrected chi connectivity index (χ1v) is 10.1. The number of fused-ring (bicyclic) bond motifs is 3. The van der Waals surface area contributed by atoms with E-state index in [-0.39, 0.29) is 11.4 Å². The topological polar surface area (TPSA) is 35.5 Å². The quantitative estimate of drug-likeness (QED) is 0.334. The number of rotatable bonds is 8. The van der Waals surface area contributed by atoms with E-state index in [0.717, 1.165) is 44.5 Å². The van der Waals surface area contributed by atoms with Gasteiger partial charge in [-0.05, 0) is 81.0 Å². The normalized spacial score (nSPS) is 27.9. The number of hydrogen-bond donors (Lipinski definition) is 0. The van der Waals surface area contributed by atoms with Gasteiger partial charge in [0.25, 0.3) is 0 Å². The van der Waals surface area contributed by atoms with Crippen molar-refractivity contribution in [2.24, 2.45) is 10.8 Å². The molecule has 25 heavy (non-hydrogen) atoms. The Balaban J connectivity index is 1.56. The zero-order chi connectivity index (χ0) is 17.8. The average molecular weight is 344 g/mol. The Morgan fingerprint density at radius 3 is 2.08 bits per heavy atom. The molecular weight excluding hydrogens is 312 g/mol. The lowest BCUT2D eigenvalue weighted by atomic mass is 9.52. The first-order chi connectivity index (χ1) is 12.1. The van der Waals surface area contributed by atoms with Crippen LogP contribution in [0.3, 0.4) is 0 Å². The fourth-order valence-electron chi connectivity index (χ4n) is 4.63. The van der Waals surface area contributed by atoms with Gasteiger partial charge in [0.15, 0.2) is 0 Å². The van der Waals surface area contributed by atoms with Crippen molar-refractivity contribution in [1.82, 2.24) is 0 Å². The number of carbonyl (C=O) groups excluding carboxylic acids is 1. The van der Waals surface area contributed by atoms with E-state index in [0.29, 0.717) is 11.2 Å². The minimum Gasteiger partial charge on any atom is -0.494 e. The highest BCUT2D eigenvalue weighted by Crippen LogP contribution is 2.59. The molecule has 3 fully saturated rings. The monoisotopic (exact) mass is 344 g/mol. The van der Waals surface area contributed by atoms with Crippen LogP contribution in [-0.4, -0.2) is 12.6 Å². The van der Waals surface area contributed by atoms with Gasteiger partial charge in [-0.3, -0.25) is 4.79 Å². The fraction of sp³-hybridized carbons (Fsp3) is 0.682. The largest absolute Gasteiger partial charge is 0.494 e. The maximum atomic E-state index is 12.8.